The SMILES string of the molecule is Cc1ccc(-c2cc3cc(CC(=O)c4n[nH]c(C)c4C)cnc3[nH]2)c(F)n1. The summed E-state index contributed by atoms with van der Waals surface area (Å²) in [5.41, 5.74) is 5.22. The van der Waals surface area contributed by atoms with E-state index in [0.717, 1.165) is 22.2 Å². The van der Waals surface area contributed by atoms with Crippen LogP contribution in [0.15, 0.2) is 30.5 Å². The minimum Gasteiger partial charge on any atom is -0.339 e. The van der Waals surface area contributed by atoms with E-state index in [1.807, 2.05) is 26.0 Å². The summed E-state index contributed by atoms with van der Waals surface area (Å²) in [4.78, 5) is 23.8. The summed E-state index contributed by atoms with van der Waals surface area (Å²) in [5, 5.41) is 7.73. The largest absolute Gasteiger partial charge is 0.339 e. The number of carbonyl (C=O) groups is 1. The van der Waals surface area contributed by atoms with E-state index in [-0.39, 0.29) is 12.2 Å². The Morgan fingerprint density at radius 1 is 1.19 bits per heavy atom. The number of fused-ring (bicyclic) bond motifs is 1. The first kappa shape index (κ1) is 17.1. The number of hydrogen-bond acceptors (Lipinski definition) is 4. The fourth-order valence-corrected chi connectivity index (χ4v) is 3.05. The number of Topliss-reactive ketones (excluding diaryl/α,β-unsaturated/α-hetero) is 1. The van der Waals surface area contributed by atoms with Gasteiger partial charge in [-0.2, -0.15) is 9.49 Å². The van der Waals surface area contributed by atoms with Gasteiger partial charge in [-0.05, 0) is 50.6 Å². The fourth-order valence-electron chi connectivity index (χ4n) is 3.05. The Labute approximate surface area is 154 Å². The van der Waals surface area contributed by atoms with Crippen molar-refractivity contribution in [2.24, 2.45) is 0 Å². The molecule has 4 rings (SSSR count). The number of rotatable bonds is 4. The molecule has 6 nitrogen and oxygen atoms in total. The van der Waals surface area contributed by atoms with Crippen molar-refractivity contribution in [2.75, 3.05) is 0 Å². The molecule has 0 unspecified atom stereocenters. The zero-order valence-electron chi connectivity index (χ0n) is 15.2. The lowest BCUT2D eigenvalue weighted by Gasteiger charge is -2.00. The number of H-pyrrole nitrogens is 2. The smallest absolute Gasteiger partial charge is 0.222 e. The van der Waals surface area contributed by atoms with Gasteiger partial charge >= 0.3 is 0 Å². The molecule has 0 amide bonds. The quantitative estimate of drug-likeness (QED) is 0.426. The molecule has 4 aromatic rings. The van der Waals surface area contributed by atoms with Gasteiger partial charge in [0, 0.05) is 35.0 Å². The van der Waals surface area contributed by atoms with Crippen LogP contribution in [0.2, 0.25) is 0 Å². The molecule has 0 aromatic carbocycles. The summed E-state index contributed by atoms with van der Waals surface area (Å²) in [6.07, 6.45) is 1.86. The van der Waals surface area contributed by atoms with Gasteiger partial charge in [0.25, 0.3) is 0 Å². The van der Waals surface area contributed by atoms with Gasteiger partial charge in [-0.25, -0.2) is 9.97 Å². The van der Waals surface area contributed by atoms with Crippen molar-refractivity contribution in [1.82, 2.24) is 25.1 Å². The maximum atomic E-state index is 14.1. The van der Waals surface area contributed by atoms with E-state index in [4.69, 9.17) is 0 Å². The first-order valence-corrected chi connectivity index (χ1v) is 8.58. The highest BCUT2D eigenvalue weighted by molar-refractivity contribution is 5.97. The second-order valence-corrected chi connectivity index (χ2v) is 6.68. The van der Waals surface area contributed by atoms with Crippen LogP contribution in [0, 0.1) is 26.7 Å². The predicted octanol–water partition coefficient (Wildman–Crippen LogP) is 3.84. The van der Waals surface area contributed by atoms with Gasteiger partial charge in [0.2, 0.25) is 5.95 Å². The minimum atomic E-state index is -0.527. The van der Waals surface area contributed by atoms with Crippen LogP contribution in [-0.4, -0.2) is 30.9 Å². The molecule has 4 aromatic heterocycles. The van der Waals surface area contributed by atoms with Crippen LogP contribution in [0.25, 0.3) is 22.3 Å². The number of aryl methyl sites for hydroxylation is 2. The van der Waals surface area contributed by atoms with Crippen molar-refractivity contribution < 1.29 is 9.18 Å². The Morgan fingerprint density at radius 2 is 2.00 bits per heavy atom. The number of aromatic nitrogens is 5. The number of carbonyl (C=O) groups excluding carboxylic acids is 1. The molecule has 0 bridgehead atoms. The second-order valence-electron chi connectivity index (χ2n) is 6.68. The third-order valence-electron chi connectivity index (χ3n) is 4.69. The van der Waals surface area contributed by atoms with E-state index < -0.39 is 5.95 Å². The van der Waals surface area contributed by atoms with Gasteiger partial charge in [-0.3, -0.25) is 9.89 Å². The highest BCUT2D eigenvalue weighted by Gasteiger charge is 2.16. The normalized spacial score (nSPS) is 11.3. The molecule has 0 aliphatic carbocycles. The van der Waals surface area contributed by atoms with Gasteiger partial charge in [0.1, 0.15) is 11.3 Å². The molecule has 0 spiro atoms. The molecule has 2 N–H and O–H groups in total. The number of nitrogens with one attached hydrogen (secondary N) is 2. The summed E-state index contributed by atoms with van der Waals surface area (Å²) < 4.78 is 14.1. The number of pyridine rings is 2. The molecule has 7 heteroatoms. The molecule has 0 saturated heterocycles. The summed E-state index contributed by atoms with van der Waals surface area (Å²) in [5.74, 6) is -0.594. The van der Waals surface area contributed by atoms with Crippen LogP contribution >= 0.6 is 0 Å². The third-order valence-corrected chi connectivity index (χ3v) is 4.69. The lowest BCUT2D eigenvalue weighted by atomic mass is 10.0. The van der Waals surface area contributed by atoms with Crippen LogP contribution in [0.4, 0.5) is 4.39 Å². The number of halogens is 1. The van der Waals surface area contributed by atoms with E-state index >= 15 is 0 Å². The second kappa shape index (κ2) is 6.42. The van der Waals surface area contributed by atoms with Crippen molar-refractivity contribution in [2.45, 2.75) is 27.2 Å². The zero-order chi connectivity index (χ0) is 19.1. The van der Waals surface area contributed by atoms with Crippen molar-refractivity contribution in [3.8, 4) is 11.3 Å². The van der Waals surface area contributed by atoms with Crippen molar-refractivity contribution in [3.63, 3.8) is 0 Å². The zero-order valence-corrected chi connectivity index (χ0v) is 15.2. The number of nitrogens with zero attached hydrogens (tertiary/aromatic N) is 3. The average Bonchev–Trinajstić information content (AvgIpc) is 3.18. The first-order valence-electron chi connectivity index (χ1n) is 8.58. The van der Waals surface area contributed by atoms with Crippen LogP contribution < -0.4 is 0 Å². The summed E-state index contributed by atoms with van der Waals surface area (Å²) in [6, 6.07) is 7.15. The third kappa shape index (κ3) is 3.12. The minimum absolute atomic E-state index is 0.0671. The monoisotopic (exact) mass is 363 g/mol. The summed E-state index contributed by atoms with van der Waals surface area (Å²) in [6.45, 7) is 5.49. The Balaban J connectivity index is 1.65. The number of ketones is 1. The molecule has 4 heterocycles. The van der Waals surface area contributed by atoms with Crippen molar-refractivity contribution in [1.29, 1.82) is 0 Å². The molecule has 0 radical (unpaired) electrons. The molecule has 27 heavy (non-hydrogen) atoms. The van der Waals surface area contributed by atoms with Crippen LogP contribution in [0.1, 0.15) is 33.0 Å². The molecule has 0 aliphatic heterocycles. The van der Waals surface area contributed by atoms with E-state index in [2.05, 4.69) is 25.1 Å². The molecule has 0 saturated carbocycles. The Kier molecular flexibility index (Phi) is 4.07. The Hall–Kier alpha value is -3.35. The molecule has 136 valence electrons. The van der Waals surface area contributed by atoms with Crippen LogP contribution in [0.5, 0.6) is 0 Å². The van der Waals surface area contributed by atoms with Crippen LogP contribution in [-0.2, 0) is 6.42 Å². The highest BCUT2D eigenvalue weighted by atomic mass is 19.1. The highest BCUT2D eigenvalue weighted by Crippen LogP contribution is 2.25. The van der Waals surface area contributed by atoms with Crippen LogP contribution in [0.3, 0.4) is 0 Å². The Bertz CT molecular complexity index is 1170. The van der Waals surface area contributed by atoms with Gasteiger partial charge in [0.15, 0.2) is 5.78 Å². The van der Waals surface area contributed by atoms with E-state index in [9.17, 15) is 9.18 Å². The summed E-state index contributed by atoms with van der Waals surface area (Å²) in [7, 11) is 0. The standard InChI is InChI=1S/C20H18FN5O/c1-10-4-5-15(19(21)23-10)16-8-14-6-13(9-22-20(14)24-16)7-17(27)18-11(2)12(3)25-26-18/h4-6,8-9H,7H2,1-3H3,(H,22,24)(H,25,26). The maximum absolute atomic E-state index is 14.1. The molecular weight excluding hydrogens is 345 g/mol. The van der Waals surface area contributed by atoms with E-state index in [1.165, 1.54) is 0 Å². The molecule has 0 fully saturated rings. The molecule has 0 aliphatic rings. The van der Waals surface area contributed by atoms with Gasteiger partial charge < -0.3 is 4.98 Å². The molecular formula is C20H18FN5O. The van der Waals surface area contributed by atoms with Crippen molar-refractivity contribution >= 4 is 16.8 Å². The topological polar surface area (TPSA) is 87.3 Å². The fraction of sp³-hybridized carbons (Fsp3) is 0.200. The lowest BCUT2D eigenvalue weighted by molar-refractivity contribution is 0.0987. The van der Waals surface area contributed by atoms with E-state index in [1.54, 1.807) is 25.3 Å². The van der Waals surface area contributed by atoms with Gasteiger partial charge in [-0.1, -0.05) is 0 Å². The number of hydrogen-bond donors (Lipinski definition) is 2. The Morgan fingerprint density at radius 3 is 2.70 bits per heavy atom. The van der Waals surface area contributed by atoms with E-state index in [0.29, 0.717) is 28.3 Å². The van der Waals surface area contributed by atoms with Gasteiger partial charge in [0.05, 0.1) is 11.3 Å². The number of aromatic amines is 2. The molecule has 0 atom stereocenters. The lowest BCUT2D eigenvalue weighted by Crippen LogP contribution is -2.06. The first-order chi connectivity index (χ1) is 12.9. The van der Waals surface area contributed by atoms with Gasteiger partial charge in [-0.15, -0.1) is 0 Å². The maximum Gasteiger partial charge on any atom is 0.222 e. The predicted molar refractivity (Wildman–Crippen MR) is 100 cm³/mol. The van der Waals surface area contributed by atoms with Crippen molar-refractivity contribution in [3.05, 3.63) is 64.6 Å². The summed E-state index contributed by atoms with van der Waals surface area (Å²) >= 11 is 0. The average molecular weight is 363 g/mol.